The van der Waals surface area contributed by atoms with Gasteiger partial charge in [0.15, 0.2) is 8.32 Å². The molecule has 0 rings (SSSR count). The Kier molecular flexibility index (Phi) is 4.76. The molecule has 3 nitrogen and oxygen atoms in total. The van der Waals surface area contributed by atoms with Crippen molar-refractivity contribution in [3.63, 3.8) is 0 Å². The molecule has 0 radical (unpaired) electrons. The van der Waals surface area contributed by atoms with Gasteiger partial charge in [-0.15, -0.1) is 0 Å². The Balaban J connectivity index is 4.33. The van der Waals surface area contributed by atoms with Crippen molar-refractivity contribution in [2.75, 3.05) is 0 Å². The third-order valence-electron chi connectivity index (χ3n) is 1.89. The van der Waals surface area contributed by atoms with E-state index in [0.29, 0.717) is 0 Å². The summed E-state index contributed by atoms with van der Waals surface area (Å²) in [6, 6.07) is 1.02. The molecule has 0 saturated carbocycles. The van der Waals surface area contributed by atoms with Crippen LogP contribution in [0.4, 0.5) is 0 Å². The highest BCUT2D eigenvalue weighted by molar-refractivity contribution is 6.82. The largest absolute Gasteiger partial charge is 0.492 e. The summed E-state index contributed by atoms with van der Waals surface area (Å²) in [6.07, 6.45) is 1.18. The predicted molar refractivity (Wildman–Crippen MR) is 62.8 cm³/mol. The van der Waals surface area contributed by atoms with Gasteiger partial charge < -0.3 is 8.54 Å². The van der Waals surface area contributed by atoms with E-state index < -0.39 is 16.9 Å². The zero-order valence-corrected chi connectivity index (χ0v) is 11.7. The van der Waals surface area contributed by atoms with E-state index in [0.717, 1.165) is 6.04 Å². The Morgan fingerprint density at radius 3 is 2.21 bits per heavy atom. The molecule has 0 N–H and O–H groups in total. The van der Waals surface area contributed by atoms with Gasteiger partial charge in [0.2, 0.25) is 0 Å². The predicted octanol–water partition coefficient (Wildman–Crippen LogP) is 2.66. The van der Waals surface area contributed by atoms with Gasteiger partial charge >= 0.3 is 14.5 Å². The molecule has 5 heteroatoms. The highest BCUT2D eigenvalue weighted by atomic mass is 28.4. The average Bonchev–Trinajstić information content (AvgIpc) is 2.01. The quantitative estimate of drug-likeness (QED) is 0.540. The monoisotopic (exact) mass is 232 g/mol. The molecule has 0 atom stereocenters. The average molecular weight is 232 g/mol. The summed E-state index contributed by atoms with van der Waals surface area (Å²) >= 11 is 0. The van der Waals surface area contributed by atoms with Gasteiger partial charge in [0.1, 0.15) is 0 Å². The molecule has 0 aromatic carbocycles. The van der Waals surface area contributed by atoms with Gasteiger partial charge in [0.25, 0.3) is 0 Å². The summed E-state index contributed by atoms with van der Waals surface area (Å²) in [6.45, 7) is 13.5. The maximum absolute atomic E-state index is 11.0. The Morgan fingerprint density at radius 1 is 1.36 bits per heavy atom. The van der Waals surface area contributed by atoms with Crippen LogP contribution in [0, 0.1) is 0 Å². The molecule has 0 spiro atoms. The second kappa shape index (κ2) is 4.90. The van der Waals surface area contributed by atoms with Crippen molar-refractivity contribution in [1.29, 1.82) is 0 Å². The first kappa shape index (κ1) is 13.6. The third-order valence-corrected chi connectivity index (χ3v) is 8.46. The molecular weight excluding hydrogens is 212 g/mol. The Bertz CT molecular complexity index is 224. The zero-order valence-electron chi connectivity index (χ0n) is 9.72. The van der Waals surface area contributed by atoms with E-state index in [4.69, 9.17) is 8.54 Å². The van der Waals surface area contributed by atoms with Crippen molar-refractivity contribution in [2.45, 2.75) is 39.2 Å². The Labute approximate surface area is 88.5 Å². The molecule has 0 aliphatic carbocycles. The summed E-state index contributed by atoms with van der Waals surface area (Å²) in [5.74, 6) is -0.387. The summed E-state index contributed by atoms with van der Waals surface area (Å²) in [7, 11) is -3.94. The van der Waals surface area contributed by atoms with Crippen LogP contribution in [0.5, 0.6) is 0 Å². The highest BCUT2D eigenvalue weighted by Crippen LogP contribution is 2.18. The smallest absolute Gasteiger partial charge is 0.385 e. The Morgan fingerprint density at radius 2 is 1.86 bits per heavy atom. The molecule has 0 unspecified atom stereocenters. The van der Waals surface area contributed by atoms with Crippen LogP contribution in [0.25, 0.3) is 0 Å². The first-order valence-corrected chi connectivity index (χ1v) is 10.7. The molecule has 0 heterocycles. The molecule has 0 amide bonds. The van der Waals surface area contributed by atoms with Gasteiger partial charge in [-0.3, -0.25) is 0 Å². The second-order valence-electron chi connectivity index (χ2n) is 4.24. The van der Waals surface area contributed by atoms with Crippen LogP contribution in [0.3, 0.4) is 0 Å². The fraction of sp³-hybridized carbons (Fsp3) is 0.667. The summed E-state index contributed by atoms with van der Waals surface area (Å²) < 4.78 is 11.2. The van der Waals surface area contributed by atoms with Gasteiger partial charge in [-0.2, -0.15) is 0 Å². The fourth-order valence-electron chi connectivity index (χ4n) is 1.04. The molecule has 14 heavy (non-hydrogen) atoms. The summed E-state index contributed by atoms with van der Waals surface area (Å²) in [5.41, 5.74) is 0. The molecule has 0 aliphatic rings. The van der Waals surface area contributed by atoms with Crippen molar-refractivity contribution in [1.82, 2.24) is 0 Å². The van der Waals surface area contributed by atoms with Crippen LogP contribution < -0.4 is 0 Å². The molecule has 0 aromatic heterocycles. The summed E-state index contributed by atoms with van der Waals surface area (Å²) in [5, 5.41) is 0. The third kappa shape index (κ3) is 5.36. The second-order valence-corrected chi connectivity index (χ2v) is 12.3. The topological polar surface area (TPSA) is 35.5 Å². The molecule has 0 aromatic rings. The first-order valence-electron chi connectivity index (χ1n) is 4.78. The van der Waals surface area contributed by atoms with Crippen molar-refractivity contribution in [3.8, 4) is 0 Å². The maximum Gasteiger partial charge on any atom is 0.385 e. The van der Waals surface area contributed by atoms with E-state index >= 15 is 0 Å². The minimum absolute atomic E-state index is 0.387. The van der Waals surface area contributed by atoms with Gasteiger partial charge in [0, 0.05) is 6.08 Å². The minimum Gasteiger partial charge on any atom is -0.492 e. The van der Waals surface area contributed by atoms with Crippen LogP contribution in [0.15, 0.2) is 12.7 Å². The van der Waals surface area contributed by atoms with Crippen LogP contribution in [-0.2, 0) is 13.3 Å². The molecule has 0 aliphatic heterocycles. The lowest BCUT2D eigenvalue weighted by Crippen LogP contribution is -2.47. The van der Waals surface area contributed by atoms with E-state index in [2.05, 4.69) is 26.6 Å². The van der Waals surface area contributed by atoms with E-state index in [-0.39, 0.29) is 5.97 Å². The van der Waals surface area contributed by atoms with Gasteiger partial charge in [-0.1, -0.05) is 13.5 Å². The number of carbonyl (C=O) groups is 1. The fourth-order valence-corrected chi connectivity index (χ4v) is 7.68. The van der Waals surface area contributed by atoms with E-state index in [1.54, 1.807) is 0 Å². The lowest BCUT2D eigenvalue weighted by molar-refractivity contribution is -0.130. The van der Waals surface area contributed by atoms with Crippen molar-refractivity contribution in [2.24, 2.45) is 0 Å². The van der Waals surface area contributed by atoms with Crippen LogP contribution in [0.2, 0.25) is 32.2 Å². The van der Waals surface area contributed by atoms with E-state index in [1.807, 2.05) is 13.1 Å². The van der Waals surface area contributed by atoms with Gasteiger partial charge in [-0.25, -0.2) is 4.79 Å². The van der Waals surface area contributed by atoms with Gasteiger partial charge in [0.05, 0.1) is 0 Å². The number of hydrogen-bond donors (Lipinski definition) is 0. The lowest BCUT2D eigenvalue weighted by atomic mass is 10.7. The Hall–Kier alpha value is -0.396. The van der Waals surface area contributed by atoms with Crippen molar-refractivity contribution < 1.29 is 13.3 Å². The van der Waals surface area contributed by atoms with Crippen LogP contribution >= 0.6 is 0 Å². The molecule has 0 fully saturated rings. The maximum atomic E-state index is 11.0. The standard InChI is InChI=1S/C9H20O3Si2/c1-7-9(10)11-14(5,6)12-13(3,4)8-2/h7H,1,8H2,2-6H3. The molecule has 0 bridgehead atoms. The number of carbonyl (C=O) groups excluding carboxylic acids is 1. The van der Waals surface area contributed by atoms with Crippen molar-refractivity contribution in [3.05, 3.63) is 12.7 Å². The highest BCUT2D eigenvalue weighted by Gasteiger charge is 2.35. The number of hydrogen-bond acceptors (Lipinski definition) is 3. The van der Waals surface area contributed by atoms with Crippen LogP contribution in [-0.4, -0.2) is 22.8 Å². The SMILES string of the molecule is C=CC(=O)O[Si](C)(C)O[Si](C)(C)CC. The zero-order chi connectivity index (χ0) is 11.4. The molecular formula is C9H20O3Si2. The van der Waals surface area contributed by atoms with Gasteiger partial charge in [-0.05, 0) is 32.2 Å². The van der Waals surface area contributed by atoms with Crippen molar-refractivity contribution >= 4 is 22.8 Å². The van der Waals surface area contributed by atoms with E-state index in [1.165, 1.54) is 6.08 Å². The normalized spacial score (nSPS) is 12.4. The molecule has 0 saturated heterocycles. The van der Waals surface area contributed by atoms with Crippen LogP contribution in [0.1, 0.15) is 6.92 Å². The minimum atomic E-state index is -2.30. The summed E-state index contributed by atoms with van der Waals surface area (Å²) in [4.78, 5) is 11.0. The lowest BCUT2D eigenvalue weighted by Gasteiger charge is -2.31. The number of rotatable bonds is 5. The van der Waals surface area contributed by atoms with E-state index in [9.17, 15) is 4.79 Å². The molecule has 82 valence electrons. The first-order chi connectivity index (χ1) is 6.22.